The van der Waals surface area contributed by atoms with Gasteiger partial charge in [-0.05, 0) is 30.3 Å². The molecule has 150 valence electrons. The first kappa shape index (κ1) is 20.6. The highest BCUT2D eigenvalue weighted by molar-refractivity contribution is 6.33. The number of nitriles is 1. The molecular formula is C20H19ClFN5O2. The van der Waals surface area contributed by atoms with E-state index in [4.69, 9.17) is 11.6 Å². The molecule has 1 aromatic heterocycles. The summed E-state index contributed by atoms with van der Waals surface area (Å²) in [5.74, 6) is -0.414. The third-order valence-corrected chi connectivity index (χ3v) is 4.95. The Morgan fingerprint density at radius 2 is 2.00 bits per heavy atom. The minimum atomic E-state index is -0.520. The molecule has 0 atom stereocenters. The number of hydrogen-bond donors (Lipinski definition) is 1. The van der Waals surface area contributed by atoms with Crippen LogP contribution < -0.4 is 10.2 Å². The van der Waals surface area contributed by atoms with Crippen molar-refractivity contribution in [2.45, 2.75) is 6.42 Å². The molecule has 0 saturated carbocycles. The van der Waals surface area contributed by atoms with E-state index < -0.39 is 11.7 Å². The van der Waals surface area contributed by atoms with E-state index in [9.17, 15) is 19.2 Å². The highest BCUT2D eigenvalue weighted by Crippen LogP contribution is 2.19. The zero-order chi connectivity index (χ0) is 20.8. The van der Waals surface area contributed by atoms with Crippen LogP contribution in [0.15, 0.2) is 36.5 Å². The average Bonchev–Trinajstić information content (AvgIpc) is 2.73. The Morgan fingerprint density at radius 3 is 2.69 bits per heavy atom. The van der Waals surface area contributed by atoms with Crippen molar-refractivity contribution in [2.24, 2.45) is 0 Å². The van der Waals surface area contributed by atoms with E-state index in [1.165, 1.54) is 6.07 Å². The lowest BCUT2D eigenvalue weighted by Crippen LogP contribution is -2.49. The number of aromatic nitrogens is 1. The third kappa shape index (κ3) is 5.00. The molecule has 2 aromatic rings. The van der Waals surface area contributed by atoms with Crippen LogP contribution in [0.4, 0.5) is 10.2 Å². The van der Waals surface area contributed by atoms with Crippen molar-refractivity contribution in [3.8, 4) is 6.07 Å². The largest absolute Gasteiger partial charge is 0.352 e. The van der Waals surface area contributed by atoms with Crippen LogP contribution in [0.3, 0.4) is 0 Å². The minimum absolute atomic E-state index is 0.0243. The second-order valence-electron chi connectivity index (χ2n) is 6.48. The van der Waals surface area contributed by atoms with Crippen LogP contribution in [0.2, 0.25) is 5.02 Å². The lowest BCUT2D eigenvalue weighted by molar-refractivity contribution is -0.131. The Hall–Kier alpha value is -3.18. The van der Waals surface area contributed by atoms with Crippen molar-refractivity contribution >= 4 is 29.2 Å². The molecule has 7 nitrogen and oxygen atoms in total. The van der Waals surface area contributed by atoms with E-state index in [1.54, 1.807) is 23.2 Å². The zero-order valence-electron chi connectivity index (χ0n) is 15.6. The topological polar surface area (TPSA) is 89.3 Å². The molecule has 0 spiro atoms. The van der Waals surface area contributed by atoms with Crippen molar-refractivity contribution in [2.75, 3.05) is 37.6 Å². The molecule has 1 aliphatic heterocycles. The molecule has 9 heteroatoms. The van der Waals surface area contributed by atoms with E-state index >= 15 is 0 Å². The van der Waals surface area contributed by atoms with Crippen LogP contribution in [0, 0.1) is 17.1 Å². The first-order valence-corrected chi connectivity index (χ1v) is 9.48. The summed E-state index contributed by atoms with van der Waals surface area (Å²) in [5.41, 5.74) is 0.673. The highest BCUT2D eigenvalue weighted by Gasteiger charge is 2.23. The van der Waals surface area contributed by atoms with Crippen LogP contribution in [-0.2, 0) is 4.79 Å². The number of halogens is 2. The summed E-state index contributed by atoms with van der Waals surface area (Å²) >= 11 is 5.87. The summed E-state index contributed by atoms with van der Waals surface area (Å²) in [5, 5.41) is 11.9. The molecule has 0 radical (unpaired) electrons. The molecular weight excluding hydrogens is 397 g/mol. The fourth-order valence-electron chi connectivity index (χ4n) is 3.11. The van der Waals surface area contributed by atoms with Crippen molar-refractivity contribution in [3.05, 3.63) is 58.5 Å². The van der Waals surface area contributed by atoms with Crippen LogP contribution >= 0.6 is 11.6 Å². The van der Waals surface area contributed by atoms with Crippen molar-refractivity contribution in [1.82, 2.24) is 15.2 Å². The SMILES string of the molecule is N#Cc1cccnc1N1CCN(C(=O)CCNC(=O)c2ccc(F)cc2Cl)CC1. The van der Waals surface area contributed by atoms with Crippen LogP contribution in [-0.4, -0.2) is 54.4 Å². The van der Waals surface area contributed by atoms with Gasteiger partial charge in [0.1, 0.15) is 17.7 Å². The summed E-state index contributed by atoms with van der Waals surface area (Å²) in [6, 6.07) is 9.10. The van der Waals surface area contributed by atoms with E-state index in [0.717, 1.165) is 12.1 Å². The van der Waals surface area contributed by atoms with Gasteiger partial charge in [-0.1, -0.05) is 11.6 Å². The van der Waals surface area contributed by atoms with Gasteiger partial charge in [0.25, 0.3) is 5.91 Å². The Morgan fingerprint density at radius 1 is 1.24 bits per heavy atom. The van der Waals surface area contributed by atoms with E-state index in [1.807, 2.05) is 4.90 Å². The molecule has 3 rings (SSSR count). The number of piperazine rings is 1. The van der Waals surface area contributed by atoms with Crippen LogP contribution in [0.1, 0.15) is 22.3 Å². The zero-order valence-corrected chi connectivity index (χ0v) is 16.3. The number of nitrogens with zero attached hydrogens (tertiary/aromatic N) is 4. The quantitative estimate of drug-likeness (QED) is 0.808. The monoisotopic (exact) mass is 415 g/mol. The number of carbonyl (C=O) groups excluding carboxylic acids is 2. The smallest absolute Gasteiger partial charge is 0.252 e. The standard InChI is InChI=1S/C20H19ClFN5O2/c21-17-12-15(22)3-4-16(17)20(29)25-7-5-18(28)26-8-10-27(11-9-26)19-14(13-23)2-1-6-24-19/h1-4,6,12H,5,7-11H2,(H,25,29). The van der Waals surface area contributed by atoms with E-state index in [2.05, 4.69) is 16.4 Å². The maximum Gasteiger partial charge on any atom is 0.252 e. The van der Waals surface area contributed by atoms with Gasteiger partial charge in [-0.2, -0.15) is 5.26 Å². The van der Waals surface area contributed by atoms with E-state index in [-0.39, 0.29) is 29.5 Å². The summed E-state index contributed by atoms with van der Waals surface area (Å²) in [4.78, 5) is 32.5. The predicted octanol–water partition coefficient (Wildman–Crippen LogP) is 2.21. The molecule has 1 saturated heterocycles. The first-order chi connectivity index (χ1) is 14.0. The van der Waals surface area contributed by atoms with Crippen LogP contribution in [0.5, 0.6) is 0 Å². The number of amides is 2. The van der Waals surface area contributed by atoms with Gasteiger partial charge in [0.15, 0.2) is 0 Å². The fraction of sp³-hybridized carbons (Fsp3) is 0.300. The average molecular weight is 416 g/mol. The molecule has 0 bridgehead atoms. The Balaban J connectivity index is 1.46. The lowest BCUT2D eigenvalue weighted by Gasteiger charge is -2.35. The maximum absolute atomic E-state index is 13.1. The number of pyridine rings is 1. The number of rotatable bonds is 5. The second kappa shape index (κ2) is 9.34. The van der Waals surface area contributed by atoms with Gasteiger partial charge in [-0.15, -0.1) is 0 Å². The van der Waals surface area contributed by atoms with Gasteiger partial charge >= 0.3 is 0 Å². The summed E-state index contributed by atoms with van der Waals surface area (Å²) in [7, 11) is 0. The Bertz CT molecular complexity index is 954. The Kier molecular flexibility index (Phi) is 6.62. The number of anilines is 1. The second-order valence-corrected chi connectivity index (χ2v) is 6.89. The number of hydrogen-bond acceptors (Lipinski definition) is 5. The maximum atomic E-state index is 13.1. The molecule has 2 heterocycles. The lowest BCUT2D eigenvalue weighted by atomic mass is 10.2. The molecule has 0 unspecified atom stereocenters. The third-order valence-electron chi connectivity index (χ3n) is 4.64. The van der Waals surface area contributed by atoms with Crippen molar-refractivity contribution in [3.63, 3.8) is 0 Å². The van der Waals surface area contributed by atoms with Gasteiger partial charge in [0, 0.05) is 45.3 Å². The molecule has 0 aliphatic carbocycles. The van der Waals surface area contributed by atoms with Crippen molar-refractivity contribution < 1.29 is 14.0 Å². The molecule has 1 aromatic carbocycles. The van der Waals surface area contributed by atoms with Crippen LogP contribution in [0.25, 0.3) is 0 Å². The summed E-state index contributed by atoms with van der Waals surface area (Å²) in [6.07, 6.45) is 1.79. The minimum Gasteiger partial charge on any atom is -0.352 e. The molecule has 1 N–H and O–H groups in total. The van der Waals surface area contributed by atoms with Gasteiger partial charge in [0.05, 0.1) is 16.1 Å². The predicted molar refractivity (Wildman–Crippen MR) is 106 cm³/mol. The van der Waals surface area contributed by atoms with Gasteiger partial charge in [0.2, 0.25) is 5.91 Å². The number of carbonyl (C=O) groups is 2. The summed E-state index contributed by atoms with van der Waals surface area (Å²) < 4.78 is 13.1. The summed E-state index contributed by atoms with van der Waals surface area (Å²) in [6.45, 7) is 2.34. The van der Waals surface area contributed by atoms with Crippen molar-refractivity contribution in [1.29, 1.82) is 5.26 Å². The molecule has 1 fully saturated rings. The van der Waals surface area contributed by atoms with Gasteiger partial charge in [-0.25, -0.2) is 9.37 Å². The molecule has 29 heavy (non-hydrogen) atoms. The van der Waals surface area contributed by atoms with Gasteiger partial charge < -0.3 is 15.1 Å². The molecule has 2 amide bonds. The number of benzene rings is 1. The van der Waals surface area contributed by atoms with E-state index in [0.29, 0.717) is 37.6 Å². The fourth-order valence-corrected chi connectivity index (χ4v) is 3.37. The normalized spacial score (nSPS) is 13.7. The highest BCUT2D eigenvalue weighted by atomic mass is 35.5. The Labute approximate surface area is 172 Å². The number of nitrogens with one attached hydrogen (secondary N) is 1. The first-order valence-electron chi connectivity index (χ1n) is 9.10. The van der Waals surface area contributed by atoms with Gasteiger partial charge in [-0.3, -0.25) is 9.59 Å². The molecule has 1 aliphatic rings.